The minimum atomic E-state index is 0.242. The Morgan fingerprint density at radius 1 is 1.06 bits per heavy atom. The number of hydrogen-bond donors (Lipinski definition) is 1. The molecular weight excluding hydrogens is 484 g/mol. The van der Waals surface area contributed by atoms with Gasteiger partial charge in [-0.15, -0.1) is 35.9 Å². The summed E-state index contributed by atoms with van der Waals surface area (Å²) in [6.45, 7) is 7.59. The van der Waals surface area contributed by atoms with Crippen molar-refractivity contribution in [1.29, 1.82) is 0 Å². The maximum atomic E-state index is 9.18. The molecule has 2 N–H and O–H groups in total. The van der Waals surface area contributed by atoms with Crippen LogP contribution in [0.4, 0.5) is 0 Å². The van der Waals surface area contributed by atoms with Crippen LogP contribution in [0.25, 0.3) is 11.3 Å². The molecule has 0 saturated heterocycles. The first-order valence-corrected chi connectivity index (χ1v) is 13.7. The topological polar surface area (TPSA) is 57.8 Å². The summed E-state index contributed by atoms with van der Waals surface area (Å²) in [5, 5.41) is 9.18. The Labute approximate surface area is 220 Å². The van der Waals surface area contributed by atoms with E-state index in [1.54, 1.807) is 13.8 Å². The second-order valence-electron chi connectivity index (χ2n) is 8.45. The second-order valence-corrected chi connectivity index (χ2v) is 8.45. The molecule has 4 nitrogen and oxygen atoms in total. The third-order valence-corrected chi connectivity index (χ3v) is 5.46. The van der Waals surface area contributed by atoms with Gasteiger partial charge in [0.15, 0.2) is 0 Å². The molecule has 187 valence electrons. The molecule has 1 atom stereocenters. The van der Waals surface area contributed by atoms with Crippen molar-refractivity contribution in [3.63, 3.8) is 0 Å². The van der Waals surface area contributed by atoms with Gasteiger partial charge in [-0.25, -0.2) is 0 Å². The van der Waals surface area contributed by atoms with E-state index in [1.165, 1.54) is 12.8 Å². The third kappa shape index (κ3) is 12.7. The Kier molecular flexibility index (Phi) is 18.7. The van der Waals surface area contributed by atoms with Crippen LogP contribution in [0.5, 0.6) is 0 Å². The summed E-state index contributed by atoms with van der Waals surface area (Å²) in [7, 11) is 8.77. The number of carbonyl (C=O) groups excluding carboxylic acids is 1. The SMILES string of the molecule is CCCCC(c1cccc(-c2[c-]cccc2)n1)N(C)C.CCCCCC(C(C)=[OH+])=C(C)O.[Cl][Cr+2]. The Morgan fingerprint density at radius 3 is 2.24 bits per heavy atom. The molecule has 1 aromatic heterocycles. The van der Waals surface area contributed by atoms with Crippen LogP contribution >= 0.6 is 10.0 Å². The number of aromatic nitrogens is 1. The van der Waals surface area contributed by atoms with Gasteiger partial charge in [-0.3, -0.25) is 9.78 Å². The maximum absolute atomic E-state index is 9.18. The molecule has 2 aromatic rings. The number of nitrogens with zero attached hydrogens (tertiary/aromatic N) is 2. The number of hydrogen-bond acceptors (Lipinski definition) is 3. The van der Waals surface area contributed by atoms with E-state index < -0.39 is 0 Å². The van der Waals surface area contributed by atoms with Crippen molar-refractivity contribution in [3.8, 4) is 11.3 Å². The molecule has 1 aromatic carbocycles. The zero-order chi connectivity index (χ0) is 25.9. The van der Waals surface area contributed by atoms with Crippen molar-refractivity contribution in [2.75, 3.05) is 14.1 Å². The normalized spacial score (nSPS) is 12.0. The van der Waals surface area contributed by atoms with Crippen molar-refractivity contribution in [1.82, 2.24) is 9.88 Å². The van der Waals surface area contributed by atoms with Gasteiger partial charge in [0.05, 0.1) is 18.5 Å². The molecule has 1 unspecified atom stereocenters. The summed E-state index contributed by atoms with van der Waals surface area (Å²) in [6.07, 6.45) is 7.70. The Hall–Kier alpha value is -1.64. The molecule has 0 aliphatic rings. The molecular formula is C28H42ClCrN2O2+2. The van der Waals surface area contributed by atoms with Gasteiger partial charge in [-0.1, -0.05) is 51.7 Å². The van der Waals surface area contributed by atoms with Crippen LogP contribution in [0, 0.1) is 6.07 Å². The third-order valence-electron chi connectivity index (χ3n) is 5.46. The van der Waals surface area contributed by atoms with E-state index in [1.807, 2.05) is 18.2 Å². The predicted molar refractivity (Wildman–Crippen MR) is 142 cm³/mol. The average molecular weight is 526 g/mol. The summed E-state index contributed by atoms with van der Waals surface area (Å²) < 4.78 is 0. The molecule has 0 saturated carbocycles. The van der Waals surface area contributed by atoms with Gasteiger partial charge in [0, 0.05) is 5.69 Å². The summed E-state index contributed by atoms with van der Waals surface area (Å²) in [4.78, 5) is 16.3. The first kappa shape index (κ1) is 32.4. The monoisotopic (exact) mass is 525 g/mol. The Morgan fingerprint density at radius 2 is 1.74 bits per heavy atom. The van der Waals surface area contributed by atoms with Gasteiger partial charge in [-0.2, -0.15) is 0 Å². The molecule has 0 bridgehead atoms. The summed E-state index contributed by atoms with van der Waals surface area (Å²) in [6, 6.07) is 17.9. The number of benzene rings is 1. The van der Waals surface area contributed by atoms with Crippen LogP contribution in [0.15, 0.2) is 53.8 Å². The molecule has 6 heteroatoms. The van der Waals surface area contributed by atoms with Crippen molar-refractivity contribution in [3.05, 3.63) is 65.6 Å². The fourth-order valence-electron chi connectivity index (χ4n) is 3.58. The van der Waals surface area contributed by atoms with Gasteiger partial charge >= 0.3 is 31.2 Å². The number of pyridine rings is 1. The average Bonchev–Trinajstić information content (AvgIpc) is 2.84. The molecule has 0 aliphatic carbocycles. The minimum absolute atomic E-state index is 0.242. The molecule has 0 fully saturated rings. The van der Waals surface area contributed by atoms with Crippen LogP contribution in [0.2, 0.25) is 0 Å². The van der Waals surface area contributed by atoms with E-state index in [-0.39, 0.29) is 11.5 Å². The number of unbranched alkanes of at least 4 members (excludes halogenated alkanes) is 3. The van der Waals surface area contributed by atoms with Crippen LogP contribution in [0.3, 0.4) is 0 Å². The molecule has 34 heavy (non-hydrogen) atoms. The molecule has 0 aliphatic heterocycles. The van der Waals surface area contributed by atoms with Crippen LogP contribution < -0.4 is 0 Å². The quantitative estimate of drug-likeness (QED) is 0.106. The number of ketones is 1. The zero-order valence-corrected chi connectivity index (χ0v) is 23.7. The number of aliphatic hydroxyl groups is 1. The summed E-state index contributed by atoms with van der Waals surface area (Å²) in [5.74, 6) is 0.484. The molecule has 0 amide bonds. The second kappa shape index (κ2) is 19.6. The van der Waals surface area contributed by atoms with Gasteiger partial charge in [0.25, 0.3) is 0 Å². The van der Waals surface area contributed by atoms with E-state index >= 15 is 0 Å². The fraction of sp³-hybridized carbons (Fsp3) is 0.500. The van der Waals surface area contributed by atoms with E-state index in [9.17, 15) is 9.90 Å². The first-order valence-electron chi connectivity index (χ1n) is 12.0. The van der Waals surface area contributed by atoms with Crippen molar-refractivity contribution in [2.24, 2.45) is 0 Å². The molecule has 0 radical (unpaired) electrons. The van der Waals surface area contributed by atoms with Gasteiger partial charge in [0.2, 0.25) is 0 Å². The Balaban J connectivity index is 0.000000670. The van der Waals surface area contributed by atoms with Crippen molar-refractivity contribution >= 4 is 15.8 Å². The van der Waals surface area contributed by atoms with Gasteiger partial charge in [-0.05, 0) is 52.0 Å². The van der Waals surface area contributed by atoms with Crippen LogP contribution in [-0.4, -0.2) is 39.7 Å². The standard InChI is InChI=1S/C18H23N2.C10H18O2.ClH.Cr/c1-4-5-14-18(20(2)3)17-13-9-12-16(19-17)15-10-7-6-8-11-15;1-4-5-6-7-10(8(2)11)9(3)12;;/h6-10,12-13,18H,4-5,14H2,1-3H3;11H,4-7H2,1-3H3;1H;/q-1;;;+3. The van der Waals surface area contributed by atoms with E-state index in [0.29, 0.717) is 11.6 Å². The fourth-order valence-corrected chi connectivity index (χ4v) is 3.58. The molecule has 2 rings (SSSR count). The van der Waals surface area contributed by atoms with E-state index in [2.05, 4.69) is 88.6 Å². The number of aliphatic hydroxyl groups excluding tert-OH is 1. The van der Waals surface area contributed by atoms with Crippen LogP contribution in [0.1, 0.15) is 84.4 Å². The van der Waals surface area contributed by atoms with Crippen molar-refractivity contribution in [2.45, 2.75) is 78.7 Å². The number of allylic oxidation sites excluding steroid dienone is 2. The van der Waals surface area contributed by atoms with E-state index in [4.69, 9.17) is 4.98 Å². The zero-order valence-electron chi connectivity index (χ0n) is 21.6. The number of rotatable bonds is 11. The van der Waals surface area contributed by atoms with Crippen molar-refractivity contribution < 1.29 is 25.3 Å². The number of halogens is 1. The first-order chi connectivity index (χ1) is 16.3. The van der Waals surface area contributed by atoms with E-state index in [0.717, 1.165) is 49.1 Å². The summed E-state index contributed by atoms with van der Waals surface area (Å²) >= 11 is 2.10. The van der Waals surface area contributed by atoms with Gasteiger partial charge < -0.3 is 10.0 Å². The van der Waals surface area contributed by atoms with Gasteiger partial charge in [0.1, 0.15) is 5.76 Å². The molecule has 1 heterocycles. The predicted octanol–water partition coefficient (Wildman–Crippen LogP) is 7.99. The summed E-state index contributed by atoms with van der Waals surface area (Å²) in [5.41, 5.74) is 3.91. The van der Waals surface area contributed by atoms with Crippen LogP contribution in [-0.2, 0) is 15.4 Å². The molecule has 0 spiro atoms. The Bertz CT molecular complexity index is 837.